The van der Waals surface area contributed by atoms with Crippen LogP contribution in [0.4, 0.5) is 0 Å². The van der Waals surface area contributed by atoms with Crippen LogP contribution in [0.2, 0.25) is 0 Å². The smallest absolute Gasteiger partial charge is 0.248 e. The van der Waals surface area contributed by atoms with Crippen molar-refractivity contribution < 1.29 is 4.79 Å². The summed E-state index contributed by atoms with van der Waals surface area (Å²) in [7, 11) is 0. The van der Waals surface area contributed by atoms with Gasteiger partial charge >= 0.3 is 0 Å². The van der Waals surface area contributed by atoms with E-state index in [0.29, 0.717) is 5.56 Å². The van der Waals surface area contributed by atoms with Crippen LogP contribution in [0.25, 0.3) is 0 Å². The van der Waals surface area contributed by atoms with E-state index in [9.17, 15) is 4.79 Å². The molecule has 0 saturated heterocycles. The molecule has 0 radical (unpaired) electrons. The van der Waals surface area contributed by atoms with E-state index < -0.39 is 5.91 Å². The minimum Gasteiger partial charge on any atom is -0.366 e. The van der Waals surface area contributed by atoms with E-state index >= 15 is 0 Å². The van der Waals surface area contributed by atoms with Gasteiger partial charge in [-0.05, 0) is 24.6 Å². The number of carbonyl (C=O) groups is 1. The molecular formula is C8H9NOS. The van der Waals surface area contributed by atoms with Crippen LogP contribution in [0.3, 0.4) is 0 Å². The molecule has 0 aromatic heterocycles. The van der Waals surface area contributed by atoms with Crippen LogP contribution in [0.5, 0.6) is 0 Å². The van der Waals surface area contributed by atoms with Crippen LogP contribution in [0.1, 0.15) is 15.9 Å². The fourth-order valence-corrected chi connectivity index (χ4v) is 0.976. The Balaban J connectivity index is 3.15. The molecule has 1 aromatic rings. The summed E-state index contributed by atoms with van der Waals surface area (Å²) in [5.74, 6) is -0.416. The van der Waals surface area contributed by atoms with E-state index in [1.165, 1.54) is 0 Å². The van der Waals surface area contributed by atoms with Crippen LogP contribution in [-0.2, 0) is 0 Å². The Kier molecular flexibility index (Phi) is 2.19. The fourth-order valence-electron chi connectivity index (χ4n) is 0.763. The van der Waals surface area contributed by atoms with Crippen LogP contribution >= 0.6 is 12.6 Å². The van der Waals surface area contributed by atoms with Crippen molar-refractivity contribution in [3.05, 3.63) is 29.3 Å². The first-order chi connectivity index (χ1) is 5.11. The quantitative estimate of drug-likeness (QED) is 0.610. The zero-order valence-electron chi connectivity index (χ0n) is 6.16. The highest BCUT2D eigenvalue weighted by molar-refractivity contribution is 7.80. The summed E-state index contributed by atoms with van der Waals surface area (Å²) in [5.41, 5.74) is 6.60. The van der Waals surface area contributed by atoms with Gasteiger partial charge in [0.05, 0.1) is 0 Å². The van der Waals surface area contributed by atoms with Crippen LogP contribution in [0.15, 0.2) is 23.1 Å². The van der Waals surface area contributed by atoms with Crippen LogP contribution in [0, 0.1) is 6.92 Å². The fraction of sp³-hybridized carbons (Fsp3) is 0.125. The lowest BCUT2D eigenvalue weighted by Crippen LogP contribution is -2.10. The maximum Gasteiger partial charge on any atom is 0.248 e. The summed E-state index contributed by atoms with van der Waals surface area (Å²) < 4.78 is 0. The SMILES string of the molecule is Cc1ccc(C(N)=O)cc1S. The standard InChI is InChI=1S/C8H9NOS/c1-5-2-3-6(8(9)10)4-7(5)11/h2-4,11H,1H3,(H2,9,10). The second-order valence-corrected chi connectivity index (χ2v) is 2.85. The van der Waals surface area contributed by atoms with Gasteiger partial charge in [-0.25, -0.2) is 0 Å². The third-order valence-corrected chi connectivity index (χ3v) is 1.98. The van der Waals surface area contributed by atoms with E-state index in [4.69, 9.17) is 5.73 Å². The lowest BCUT2D eigenvalue weighted by Gasteiger charge is -1.99. The lowest BCUT2D eigenvalue weighted by molar-refractivity contribution is 0.1000. The van der Waals surface area contributed by atoms with E-state index in [-0.39, 0.29) is 0 Å². The Morgan fingerprint density at radius 1 is 1.55 bits per heavy atom. The molecule has 1 aromatic carbocycles. The number of primary amides is 1. The Labute approximate surface area is 70.8 Å². The van der Waals surface area contributed by atoms with Gasteiger partial charge in [-0.3, -0.25) is 4.79 Å². The molecule has 0 unspecified atom stereocenters. The Hall–Kier alpha value is -0.960. The maximum absolute atomic E-state index is 10.7. The molecule has 0 spiro atoms. The van der Waals surface area contributed by atoms with Crippen molar-refractivity contribution in [2.24, 2.45) is 5.73 Å². The Morgan fingerprint density at radius 3 is 2.64 bits per heavy atom. The molecule has 1 rings (SSSR count). The predicted octanol–water partition coefficient (Wildman–Crippen LogP) is 1.38. The van der Waals surface area contributed by atoms with Gasteiger partial charge in [0.15, 0.2) is 0 Å². The third-order valence-electron chi connectivity index (χ3n) is 1.49. The number of aryl methyl sites for hydroxylation is 1. The molecule has 0 bridgehead atoms. The Morgan fingerprint density at radius 2 is 2.18 bits per heavy atom. The molecule has 0 saturated carbocycles. The molecule has 0 aliphatic heterocycles. The van der Waals surface area contributed by atoms with Gasteiger partial charge in [0.25, 0.3) is 0 Å². The number of hydrogen-bond acceptors (Lipinski definition) is 2. The summed E-state index contributed by atoms with van der Waals surface area (Å²) in [6.45, 7) is 1.92. The highest BCUT2D eigenvalue weighted by Gasteiger charge is 2.00. The number of amides is 1. The summed E-state index contributed by atoms with van der Waals surface area (Å²) in [6.07, 6.45) is 0. The van der Waals surface area contributed by atoms with E-state index in [1.807, 2.05) is 13.0 Å². The molecule has 1 amide bonds. The topological polar surface area (TPSA) is 43.1 Å². The normalized spacial score (nSPS) is 9.64. The monoisotopic (exact) mass is 167 g/mol. The van der Waals surface area contributed by atoms with Crippen LogP contribution < -0.4 is 5.73 Å². The Bertz CT molecular complexity index is 296. The first-order valence-corrected chi connectivity index (χ1v) is 3.65. The summed E-state index contributed by atoms with van der Waals surface area (Å²) in [6, 6.07) is 5.18. The van der Waals surface area contributed by atoms with Gasteiger partial charge in [0.1, 0.15) is 0 Å². The average molecular weight is 167 g/mol. The maximum atomic E-state index is 10.7. The molecule has 11 heavy (non-hydrogen) atoms. The van der Waals surface area contributed by atoms with Gasteiger partial charge in [-0.15, -0.1) is 12.6 Å². The van der Waals surface area contributed by atoms with Crippen molar-refractivity contribution in [2.45, 2.75) is 11.8 Å². The van der Waals surface area contributed by atoms with Crippen molar-refractivity contribution >= 4 is 18.5 Å². The number of rotatable bonds is 1. The molecule has 0 aliphatic carbocycles. The summed E-state index contributed by atoms with van der Waals surface area (Å²) in [4.78, 5) is 11.4. The molecule has 0 atom stereocenters. The van der Waals surface area contributed by atoms with Crippen LogP contribution in [-0.4, -0.2) is 5.91 Å². The minimum atomic E-state index is -0.416. The largest absolute Gasteiger partial charge is 0.366 e. The summed E-state index contributed by atoms with van der Waals surface area (Å²) in [5, 5.41) is 0. The molecule has 0 aliphatic rings. The lowest BCUT2D eigenvalue weighted by atomic mass is 10.1. The average Bonchev–Trinajstić information content (AvgIpc) is 1.94. The van der Waals surface area contributed by atoms with Gasteiger partial charge in [0.2, 0.25) is 5.91 Å². The van der Waals surface area contributed by atoms with E-state index in [2.05, 4.69) is 12.6 Å². The predicted molar refractivity (Wildman–Crippen MR) is 46.9 cm³/mol. The molecular weight excluding hydrogens is 158 g/mol. The van der Waals surface area contributed by atoms with Crippen molar-refractivity contribution in [2.75, 3.05) is 0 Å². The molecule has 3 heteroatoms. The molecule has 0 fully saturated rings. The highest BCUT2D eigenvalue weighted by atomic mass is 32.1. The number of thiol groups is 1. The highest BCUT2D eigenvalue weighted by Crippen LogP contribution is 2.13. The molecule has 58 valence electrons. The zero-order valence-corrected chi connectivity index (χ0v) is 7.06. The van der Waals surface area contributed by atoms with Gasteiger partial charge in [-0.2, -0.15) is 0 Å². The number of nitrogens with two attached hydrogens (primary N) is 1. The van der Waals surface area contributed by atoms with E-state index in [0.717, 1.165) is 10.5 Å². The molecule has 2 N–H and O–H groups in total. The summed E-state index contributed by atoms with van der Waals surface area (Å²) >= 11 is 4.15. The zero-order chi connectivity index (χ0) is 8.43. The van der Waals surface area contributed by atoms with Crippen molar-refractivity contribution in [1.29, 1.82) is 0 Å². The van der Waals surface area contributed by atoms with Gasteiger partial charge in [0, 0.05) is 10.5 Å². The number of benzene rings is 1. The van der Waals surface area contributed by atoms with Gasteiger partial charge in [-0.1, -0.05) is 6.07 Å². The van der Waals surface area contributed by atoms with Crippen molar-refractivity contribution in [3.8, 4) is 0 Å². The number of hydrogen-bond donors (Lipinski definition) is 2. The van der Waals surface area contributed by atoms with Crippen molar-refractivity contribution in [1.82, 2.24) is 0 Å². The minimum absolute atomic E-state index is 0.416. The van der Waals surface area contributed by atoms with Crippen molar-refractivity contribution in [3.63, 3.8) is 0 Å². The molecule has 0 heterocycles. The van der Waals surface area contributed by atoms with Gasteiger partial charge < -0.3 is 5.73 Å². The second kappa shape index (κ2) is 2.96. The molecule has 2 nitrogen and oxygen atoms in total. The number of carbonyl (C=O) groups excluding carboxylic acids is 1. The first kappa shape index (κ1) is 8.14. The third kappa shape index (κ3) is 1.74. The first-order valence-electron chi connectivity index (χ1n) is 3.20. The second-order valence-electron chi connectivity index (χ2n) is 2.37. The van der Waals surface area contributed by atoms with E-state index in [1.54, 1.807) is 12.1 Å².